The molecule has 4 nitrogen and oxygen atoms in total. The van der Waals surface area contributed by atoms with Gasteiger partial charge in [0.2, 0.25) is 0 Å². The zero-order valence-electron chi connectivity index (χ0n) is 10.4. The second-order valence-electron chi connectivity index (χ2n) is 3.69. The van der Waals surface area contributed by atoms with E-state index >= 15 is 0 Å². The van der Waals surface area contributed by atoms with E-state index in [1.165, 1.54) is 0 Å². The molecule has 0 radical (unpaired) electrons. The van der Waals surface area contributed by atoms with Gasteiger partial charge in [0, 0.05) is 45.1 Å². The van der Waals surface area contributed by atoms with Crippen molar-refractivity contribution in [1.29, 1.82) is 0 Å². The van der Waals surface area contributed by atoms with Gasteiger partial charge < -0.3 is 14.6 Å². The molecule has 0 fully saturated rings. The molecule has 0 bridgehead atoms. The van der Waals surface area contributed by atoms with E-state index in [9.17, 15) is 0 Å². The summed E-state index contributed by atoms with van der Waals surface area (Å²) in [5.74, 6) is 1.16. The topological polar surface area (TPSA) is 39.1 Å². The first-order chi connectivity index (χ1) is 7.88. The molecular weight excluding hydrogens is 202 g/mol. The Morgan fingerprint density at radius 2 is 2.25 bits per heavy atom. The molecule has 0 aromatic carbocycles. The molecule has 1 aromatic heterocycles. The van der Waals surface area contributed by atoms with Gasteiger partial charge in [0.05, 0.1) is 0 Å². The molecule has 0 amide bonds. The molecule has 4 heteroatoms. The van der Waals surface area contributed by atoms with Gasteiger partial charge in [-0.05, 0) is 19.9 Å². The highest BCUT2D eigenvalue weighted by atomic mass is 16.5. The minimum atomic E-state index is 0.814. The summed E-state index contributed by atoms with van der Waals surface area (Å²) in [6.45, 7) is 8.85. The highest BCUT2D eigenvalue weighted by Gasteiger charge is 1.98. The fraction of sp³-hybridized carbons (Fsp3) is 0.750. The minimum Gasteiger partial charge on any atom is -0.382 e. The summed E-state index contributed by atoms with van der Waals surface area (Å²) >= 11 is 0. The highest BCUT2D eigenvalue weighted by Crippen LogP contribution is 1.97. The minimum absolute atomic E-state index is 0.814. The molecule has 0 saturated heterocycles. The van der Waals surface area contributed by atoms with Crippen LogP contribution in [0.4, 0.5) is 0 Å². The van der Waals surface area contributed by atoms with E-state index in [0.29, 0.717) is 0 Å². The number of ether oxygens (including phenoxy) is 1. The van der Waals surface area contributed by atoms with Gasteiger partial charge in [-0.3, -0.25) is 0 Å². The predicted molar refractivity (Wildman–Crippen MR) is 65.6 cm³/mol. The lowest BCUT2D eigenvalue weighted by Crippen LogP contribution is -2.22. The fourth-order valence-corrected chi connectivity index (χ4v) is 1.63. The summed E-state index contributed by atoms with van der Waals surface area (Å²) in [6.07, 6.45) is 5.99. The molecule has 0 aliphatic rings. The van der Waals surface area contributed by atoms with Crippen LogP contribution in [0.15, 0.2) is 12.4 Å². The number of aromatic nitrogens is 2. The highest BCUT2D eigenvalue weighted by molar-refractivity contribution is 4.91. The Bertz CT molecular complexity index is 273. The molecule has 16 heavy (non-hydrogen) atoms. The number of rotatable bonds is 9. The van der Waals surface area contributed by atoms with Crippen LogP contribution in [-0.4, -0.2) is 35.9 Å². The molecule has 1 heterocycles. The third kappa shape index (κ3) is 4.77. The summed E-state index contributed by atoms with van der Waals surface area (Å²) in [5.41, 5.74) is 0. The van der Waals surface area contributed by atoms with E-state index in [2.05, 4.69) is 21.8 Å². The van der Waals surface area contributed by atoms with Crippen LogP contribution in [0.2, 0.25) is 0 Å². The number of nitrogens with zero attached hydrogens (tertiary/aromatic N) is 2. The van der Waals surface area contributed by atoms with E-state index in [1.54, 1.807) is 0 Å². The van der Waals surface area contributed by atoms with Crippen molar-refractivity contribution in [1.82, 2.24) is 14.9 Å². The Balaban J connectivity index is 2.03. The SMILES string of the molecule is CCOCCCNCCn1ccnc1CC. The number of hydrogen-bond acceptors (Lipinski definition) is 3. The van der Waals surface area contributed by atoms with Gasteiger partial charge in [-0.1, -0.05) is 6.92 Å². The van der Waals surface area contributed by atoms with E-state index in [4.69, 9.17) is 4.74 Å². The Labute approximate surface area is 98.0 Å². The standard InChI is InChI=1S/C12H23N3O/c1-3-12-14-8-10-15(12)9-7-13-6-5-11-16-4-2/h8,10,13H,3-7,9,11H2,1-2H3. The first-order valence-corrected chi connectivity index (χ1v) is 6.17. The lowest BCUT2D eigenvalue weighted by molar-refractivity contribution is 0.145. The maximum Gasteiger partial charge on any atom is 0.108 e. The van der Waals surface area contributed by atoms with Crippen LogP contribution < -0.4 is 5.32 Å². The van der Waals surface area contributed by atoms with E-state index in [-0.39, 0.29) is 0 Å². The molecule has 1 rings (SSSR count). The monoisotopic (exact) mass is 225 g/mol. The molecule has 0 aliphatic heterocycles. The average molecular weight is 225 g/mol. The quantitative estimate of drug-likeness (QED) is 0.647. The van der Waals surface area contributed by atoms with Crippen molar-refractivity contribution in [2.75, 3.05) is 26.3 Å². The number of imidazole rings is 1. The number of hydrogen-bond donors (Lipinski definition) is 1. The van der Waals surface area contributed by atoms with Crippen LogP contribution in [0.5, 0.6) is 0 Å². The van der Waals surface area contributed by atoms with Gasteiger partial charge in [0.25, 0.3) is 0 Å². The van der Waals surface area contributed by atoms with Crippen LogP contribution in [0, 0.1) is 0 Å². The first-order valence-electron chi connectivity index (χ1n) is 6.17. The fourth-order valence-electron chi connectivity index (χ4n) is 1.63. The molecular formula is C12H23N3O. The lowest BCUT2D eigenvalue weighted by Gasteiger charge is -2.07. The largest absolute Gasteiger partial charge is 0.382 e. The normalized spacial score (nSPS) is 10.9. The van der Waals surface area contributed by atoms with Crippen molar-refractivity contribution < 1.29 is 4.74 Å². The van der Waals surface area contributed by atoms with Crippen molar-refractivity contribution in [3.8, 4) is 0 Å². The van der Waals surface area contributed by atoms with Crippen LogP contribution in [-0.2, 0) is 17.7 Å². The van der Waals surface area contributed by atoms with E-state index < -0.39 is 0 Å². The zero-order chi connectivity index (χ0) is 11.6. The van der Waals surface area contributed by atoms with Crippen molar-refractivity contribution in [2.24, 2.45) is 0 Å². The van der Waals surface area contributed by atoms with Gasteiger partial charge in [-0.2, -0.15) is 0 Å². The Hall–Kier alpha value is -0.870. The third-order valence-corrected chi connectivity index (χ3v) is 2.49. The summed E-state index contributed by atoms with van der Waals surface area (Å²) in [4.78, 5) is 4.29. The van der Waals surface area contributed by atoms with Crippen LogP contribution in [0.3, 0.4) is 0 Å². The van der Waals surface area contributed by atoms with Gasteiger partial charge >= 0.3 is 0 Å². The third-order valence-electron chi connectivity index (χ3n) is 2.49. The smallest absolute Gasteiger partial charge is 0.108 e. The molecule has 0 aliphatic carbocycles. The molecule has 92 valence electrons. The Morgan fingerprint density at radius 1 is 1.38 bits per heavy atom. The Morgan fingerprint density at radius 3 is 3.00 bits per heavy atom. The van der Waals surface area contributed by atoms with Gasteiger partial charge in [0.15, 0.2) is 0 Å². The molecule has 0 saturated carbocycles. The van der Waals surface area contributed by atoms with Gasteiger partial charge in [0.1, 0.15) is 5.82 Å². The summed E-state index contributed by atoms with van der Waals surface area (Å²) in [7, 11) is 0. The lowest BCUT2D eigenvalue weighted by atomic mass is 10.4. The summed E-state index contributed by atoms with van der Waals surface area (Å²) in [6, 6.07) is 0. The van der Waals surface area contributed by atoms with Gasteiger partial charge in [-0.25, -0.2) is 4.98 Å². The average Bonchev–Trinajstić information content (AvgIpc) is 2.75. The van der Waals surface area contributed by atoms with Crippen molar-refractivity contribution >= 4 is 0 Å². The summed E-state index contributed by atoms with van der Waals surface area (Å²) in [5, 5.41) is 3.41. The second kappa shape index (κ2) is 8.30. The molecule has 0 atom stereocenters. The first kappa shape index (κ1) is 13.2. The Kier molecular flexibility index (Phi) is 6.85. The zero-order valence-corrected chi connectivity index (χ0v) is 10.4. The van der Waals surface area contributed by atoms with Crippen LogP contribution in [0.1, 0.15) is 26.1 Å². The molecule has 1 N–H and O–H groups in total. The van der Waals surface area contributed by atoms with Crippen LogP contribution >= 0.6 is 0 Å². The maximum atomic E-state index is 5.27. The van der Waals surface area contributed by atoms with E-state index in [0.717, 1.165) is 51.5 Å². The molecule has 0 unspecified atom stereocenters. The summed E-state index contributed by atoms with van der Waals surface area (Å²) < 4.78 is 7.47. The van der Waals surface area contributed by atoms with Crippen molar-refractivity contribution in [2.45, 2.75) is 33.2 Å². The van der Waals surface area contributed by atoms with E-state index in [1.807, 2.05) is 19.3 Å². The van der Waals surface area contributed by atoms with Crippen LogP contribution in [0.25, 0.3) is 0 Å². The molecule has 0 spiro atoms. The van der Waals surface area contributed by atoms with Crippen molar-refractivity contribution in [3.05, 3.63) is 18.2 Å². The number of aryl methyl sites for hydroxylation is 1. The number of nitrogens with one attached hydrogen (secondary N) is 1. The second-order valence-corrected chi connectivity index (χ2v) is 3.69. The van der Waals surface area contributed by atoms with Gasteiger partial charge in [-0.15, -0.1) is 0 Å². The predicted octanol–water partition coefficient (Wildman–Crippen LogP) is 1.46. The van der Waals surface area contributed by atoms with Crippen molar-refractivity contribution in [3.63, 3.8) is 0 Å². The maximum absolute atomic E-state index is 5.27. The molecule has 1 aromatic rings.